The first-order valence-corrected chi connectivity index (χ1v) is 14.3. The zero-order valence-corrected chi connectivity index (χ0v) is 24.7. The smallest absolute Gasteiger partial charge is 0.317 e. The maximum Gasteiger partial charge on any atom is 0.317 e. The highest BCUT2D eigenvalue weighted by molar-refractivity contribution is 5.90. The maximum absolute atomic E-state index is 11.7. The van der Waals surface area contributed by atoms with Crippen molar-refractivity contribution < 1.29 is 63.2 Å². The molecule has 6 rings (SSSR count). The number of aliphatic carboxylic acids is 1. The SMILES string of the molecule is COc1ccc2c(c1OC)O[C@H]1c3c(cc(O[C@@H]4O[C@H](COC(=O)CC(=O)O)[C@@H](O)[C@H](O)[C@H]4O)cc3-c3ccc(N)nc3)OC[C@@H]21. The lowest BCUT2D eigenvalue weighted by atomic mass is 9.85. The van der Waals surface area contributed by atoms with Gasteiger partial charge in [-0.05, 0) is 29.8 Å². The molecular formula is C31H32N2O13. The maximum atomic E-state index is 11.7. The van der Waals surface area contributed by atoms with Crippen molar-refractivity contribution in [1.29, 1.82) is 0 Å². The second-order valence-corrected chi connectivity index (χ2v) is 10.9. The van der Waals surface area contributed by atoms with Gasteiger partial charge >= 0.3 is 11.9 Å². The van der Waals surface area contributed by atoms with Gasteiger partial charge < -0.3 is 59.3 Å². The standard InChI is InChI=1S/C31H32N2O13/c1-40-18-5-4-15-17-11-42-19-8-14(44-31-27(39)26(38)25(37)20(45-31)12-43-23(36)9-22(34)35)7-16(13-3-6-21(32)33-10-13)24(19)28(17)46-29(15)30(18)41-2/h3-8,10,17,20,25-28,31,37-39H,9,11-12H2,1-2H3,(H2,32,33)(H,34,35)/t17-,20+,25+,26-,27+,28+,31+/m0/s1. The number of nitrogens with two attached hydrogens (primary N) is 1. The van der Waals surface area contributed by atoms with Crippen molar-refractivity contribution in [3.8, 4) is 39.9 Å². The number of anilines is 1. The summed E-state index contributed by atoms with van der Waals surface area (Å²) in [6.07, 6.45) is -7.80. The van der Waals surface area contributed by atoms with Gasteiger partial charge in [-0.2, -0.15) is 0 Å². The lowest BCUT2D eigenvalue weighted by Crippen LogP contribution is -2.60. The van der Waals surface area contributed by atoms with E-state index in [2.05, 4.69) is 4.98 Å². The van der Waals surface area contributed by atoms with Crippen molar-refractivity contribution in [1.82, 2.24) is 4.98 Å². The largest absolute Gasteiger partial charge is 0.493 e. The van der Waals surface area contributed by atoms with Gasteiger partial charge in [-0.15, -0.1) is 0 Å². The summed E-state index contributed by atoms with van der Waals surface area (Å²) >= 11 is 0. The Kier molecular flexibility index (Phi) is 8.48. The Morgan fingerprint density at radius 3 is 2.54 bits per heavy atom. The van der Waals surface area contributed by atoms with Crippen molar-refractivity contribution in [3.05, 3.63) is 53.7 Å². The van der Waals surface area contributed by atoms with Crippen LogP contribution in [0.15, 0.2) is 42.6 Å². The number of aliphatic hydroxyl groups excluding tert-OH is 3. The summed E-state index contributed by atoms with van der Waals surface area (Å²) in [6, 6.07) is 10.4. The molecule has 6 N–H and O–H groups in total. The van der Waals surface area contributed by atoms with Gasteiger partial charge in [0.15, 0.2) is 11.5 Å². The minimum atomic E-state index is -1.74. The molecule has 0 saturated carbocycles. The third-order valence-electron chi connectivity index (χ3n) is 8.08. The van der Waals surface area contributed by atoms with Crippen LogP contribution < -0.4 is 29.4 Å². The lowest BCUT2D eigenvalue weighted by Gasteiger charge is -2.40. The van der Waals surface area contributed by atoms with Crippen molar-refractivity contribution in [2.24, 2.45) is 0 Å². The molecule has 3 aliphatic heterocycles. The van der Waals surface area contributed by atoms with Crippen LogP contribution >= 0.6 is 0 Å². The van der Waals surface area contributed by atoms with E-state index in [0.29, 0.717) is 45.5 Å². The van der Waals surface area contributed by atoms with E-state index in [0.717, 1.165) is 5.56 Å². The number of methoxy groups -OCH3 is 2. The van der Waals surface area contributed by atoms with Crippen LogP contribution in [0.2, 0.25) is 0 Å². The summed E-state index contributed by atoms with van der Waals surface area (Å²) in [6.45, 7) is -0.345. The van der Waals surface area contributed by atoms with E-state index >= 15 is 0 Å². The van der Waals surface area contributed by atoms with Gasteiger partial charge in [-0.1, -0.05) is 6.07 Å². The molecule has 1 saturated heterocycles. The number of carboxylic acids is 1. The molecule has 3 aromatic rings. The minimum absolute atomic E-state index is 0.160. The summed E-state index contributed by atoms with van der Waals surface area (Å²) < 4.78 is 40.4. The van der Waals surface area contributed by atoms with E-state index in [1.54, 1.807) is 37.6 Å². The van der Waals surface area contributed by atoms with E-state index in [1.165, 1.54) is 7.11 Å². The Hall–Kier alpha value is -4.83. The number of hydrogen-bond donors (Lipinski definition) is 5. The molecule has 0 aliphatic carbocycles. The number of aromatic nitrogens is 1. The zero-order chi connectivity index (χ0) is 32.7. The predicted octanol–water partition coefficient (Wildman–Crippen LogP) is 1.16. The Morgan fingerprint density at radius 2 is 1.85 bits per heavy atom. The number of carbonyl (C=O) groups is 2. The molecule has 15 nitrogen and oxygen atoms in total. The molecule has 3 aliphatic rings. The van der Waals surface area contributed by atoms with Gasteiger partial charge in [0.2, 0.25) is 12.0 Å². The number of pyridine rings is 1. The van der Waals surface area contributed by atoms with Crippen LogP contribution in [0.5, 0.6) is 28.7 Å². The number of carbonyl (C=O) groups excluding carboxylic acids is 1. The van der Waals surface area contributed by atoms with Gasteiger partial charge in [0, 0.05) is 29.0 Å². The van der Waals surface area contributed by atoms with E-state index in [1.807, 2.05) is 12.1 Å². The number of benzene rings is 2. The molecule has 7 atom stereocenters. The molecule has 0 radical (unpaired) electrons. The van der Waals surface area contributed by atoms with Gasteiger partial charge in [0.1, 0.15) is 60.9 Å². The van der Waals surface area contributed by atoms with Gasteiger partial charge in [-0.25, -0.2) is 4.98 Å². The minimum Gasteiger partial charge on any atom is -0.493 e. The topological polar surface area (TPSA) is 219 Å². The molecule has 0 spiro atoms. The second kappa shape index (κ2) is 12.5. The molecule has 15 heteroatoms. The monoisotopic (exact) mass is 640 g/mol. The predicted molar refractivity (Wildman–Crippen MR) is 156 cm³/mol. The van der Waals surface area contributed by atoms with E-state index in [4.69, 9.17) is 44.0 Å². The molecule has 244 valence electrons. The van der Waals surface area contributed by atoms with Gasteiger partial charge in [0.25, 0.3) is 0 Å². The Bertz CT molecular complexity index is 1630. The summed E-state index contributed by atoms with van der Waals surface area (Å²) in [5.41, 5.74) is 8.69. The van der Waals surface area contributed by atoms with Crippen molar-refractivity contribution in [2.45, 2.75) is 49.1 Å². The Labute approximate surface area is 261 Å². The number of esters is 1. The third kappa shape index (κ3) is 5.69. The first kappa shape index (κ1) is 31.2. The number of aliphatic hydroxyl groups is 3. The number of nitrogen functional groups attached to an aromatic ring is 1. The third-order valence-corrected chi connectivity index (χ3v) is 8.08. The fourth-order valence-corrected chi connectivity index (χ4v) is 5.84. The molecule has 0 amide bonds. The summed E-state index contributed by atoms with van der Waals surface area (Å²) in [5.74, 6) is -0.272. The van der Waals surface area contributed by atoms with Gasteiger partial charge in [0.05, 0.1) is 26.7 Å². The molecular weight excluding hydrogens is 608 g/mol. The highest BCUT2D eigenvalue weighted by atomic mass is 16.7. The highest BCUT2D eigenvalue weighted by Gasteiger charge is 2.47. The zero-order valence-electron chi connectivity index (χ0n) is 24.7. The van der Waals surface area contributed by atoms with Crippen molar-refractivity contribution >= 4 is 17.8 Å². The normalized spacial score (nSPS) is 26.0. The van der Waals surface area contributed by atoms with E-state index in [-0.39, 0.29) is 18.3 Å². The summed E-state index contributed by atoms with van der Waals surface area (Å²) in [5, 5.41) is 40.4. The summed E-state index contributed by atoms with van der Waals surface area (Å²) in [4.78, 5) is 26.8. The molecule has 46 heavy (non-hydrogen) atoms. The van der Waals surface area contributed by atoms with Crippen LogP contribution in [0.4, 0.5) is 5.82 Å². The summed E-state index contributed by atoms with van der Waals surface area (Å²) in [7, 11) is 3.07. The first-order valence-electron chi connectivity index (χ1n) is 14.3. The lowest BCUT2D eigenvalue weighted by molar-refractivity contribution is -0.278. The van der Waals surface area contributed by atoms with Crippen LogP contribution in [-0.4, -0.2) is 95.5 Å². The first-order chi connectivity index (χ1) is 22.1. The number of carboxylic acid groups (broad SMARTS) is 1. The van der Waals surface area contributed by atoms with Crippen LogP contribution in [0.1, 0.15) is 29.6 Å². The molecule has 0 unspecified atom stereocenters. The fourth-order valence-electron chi connectivity index (χ4n) is 5.84. The van der Waals surface area contributed by atoms with Crippen molar-refractivity contribution in [2.75, 3.05) is 33.2 Å². The number of nitrogens with zero attached hydrogens (tertiary/aromatic N) is 1. The number of ether oxygens (including phenoxy) is 7. The van der Waals surface area contributed by atoms with E-state index in [9.17, 15) is 24.9 Å². The molecule has 2 aromatic carbocycles. The average Bonchev–Trinajstić information content (AvgIpc) is 3.42. The fraction of sp³-hybridized carbons (Fsp3) is 0.387. The number of hydrogen-bond acceptors (Lipinski definition) is 14. The molecule has 0 bridgehead atoms. The number of fused-ring (bicyclic) bond motifs is 5. The average molecular weight is 641 g/mol. The van der Waals surface area contributed by atoms with Crippen LogP contribution in [-0.2, 0) is 19.1 Å². The van der Waals surface area contributed by atoms with E-state index < -0.39 is 61.8 Å². The second-order valence-electron chi connectivity index (χ2n) is 10.9. The Balaban J connectivity index is 1.33. The molecule has 1 fully saturated rings. The van der Waals surface area contributed by atoms with Crippen molar-refractivity contribution in [3.63, 3.8) is 0 Å². The quantitative estimate of drug-likeness (QED) is 0.164. The van der Waals surface area contributed by atoms with Crippen LogP contribution in [0.3, 0.4) is 0 Å². The van der Waals surface area contributed by atoms with Gasteiger partial charge in [-0.3, -0.25) is 9.59 Å². The molecule has 4 heterocycles. The highest BCUT2D eigenvalue weighted by Crippen LogP contribution is 2.58. The van der Waals surface area contributed by atoms with Crippen LogP contribution in [0, 0.1) is 0 Å². The Morgan fingerprint density at radius 1 is 1.04 bits per heavy atom. The van der Waals surface area contributed by atoms with Crippen LogP contribution in [0.25, 0.3) is 11.1 Å². The molecule has 1 aromatic heterocycles. The number of rotatable bonds is 9.